The number of carboxylic acids is 1. The highest BCUT2D eigenvalue weighted by molar-refractivity contribution is 5.73. The summed E-state index contributed by atoms with van der Waals surface area (Å²) in [5, 5.41) is 8.73. The highest BCUT2D eigenvalue weighted by atomic mass is 16.4. The molecule has 1 unspecified atom stereocenters. The smallest absolute Gasteiger partial charge is 0.320 e. The van der Waals surface area contributed by atoms with Gasteiger partial charge in [0.2, 0.25) is 0 Å². The van der Waals surface area contributed by atoms with Crippen molar-refractivity contribution < 1.29 is 9.90 Å². The topological polar surface area (TPSA) is 63.3 Å². The number of aliphatic carboxylic acids is 1. The molecule has 1 aliphatic rings. The molecule has 0 aromatic heterocycles. The third-order valence-corrected chi connectivity index (χ3v) is 3.11. The molecule has 1 fully saturated rings. The van der Waals surface area contributed by atoms with Gasteiger partial charge >= 0.3 is 5.97 Å². The lowest BCUT2D eigenvalue weighted by atomic mass is 9.98. The predicted octanol–water partition coefficient (Wildman–Crippen LogP) is 1.91. The fourth-order valence-electron chi connectivity index (χ4n) is 1.99. The maximum absolute atomic E-state index is 10.6. The van der Waals surface area contributed by atoms with Crippen LogP contribution in [0.4, 0.5) is 0 Å². The Bertz CT molecular complexity index is 385. The Balaban J connectivity index is 2.00. The van der Waals surface area contributed by atoms with E-state index in [9.17, 15) is 4.79 Å². The van der Waals surface area contributed by atoms with Crippen molar-refractivity contribution in [2.75, 3.05) is 0 Å². The molecular weight excluding hydrogens is 202 g/mol. The van der Waals surface area contributed by atoms with Crippen LogP contribution in [0.3, 0.4) is 0 Å². The molecule has 3 heteroatoms. The van der Waals surface area contributed by atoms with E-state index in [0.717, 1.165) is 6.42 Å². The van der Waals surface area contributed by atoms with Crippen LogP contribution in [0.1, 0.15) is 36.3 Å². The minimum Gasteiger partial charge on any atom is -0.480 e. The zero-order valence-electron chi connectivity index (χ0n) is 9.23. The summed E-state index contributed by atoms with van der Waals surface area (Å²) in [5.41, 5.74) is 8.16. The minimum atomic E-state index is -0.913. The fraction of sp³-hybridized carbons (Fsp3) is 0.462. The molecule has 0 bridgehead atoms. The predicted molar refractivity (Wildman–Crippen MR) is 62.3 cm³/mol. The minimum absolute atomic E-state index is 0.513. The van der Waals surface area contributed by atoms with E-state index >= 15 is 0 Å². The number of carbonyl (C=O) groups is 1. The summed E-state index contributed by atoms with van der Waals surface area (Å²) in [5.74, 6) is -0.207. The van der Waals surface area contributed by atoms with Crippen LogP contribution >= 0.6 is 0 Å². The molecule has 1 atom stereocenters. The van der Waals surface area contributed by atoms with Gasteiger partial charge in [-0.1, -0.05) is 24.3 Å². The van der Waals surface area contributed by atoms with Crippen LogP contribution < -0.4 is 5.73 Å². The largest absolute Gasteiger partial charge is 0.480 e. The Morgan fingerprint density at radius 2 is 2.12 bits per heavy atom. The van der Waals surface area contributed by atoms with Crippen LogP contribution in [0, 0.1) is 0 Å². The van der Waals surface area contributed by atoms with Crippen molar-refractivity contribution in [1.29, 1.82) is 0 Å². The summed E-state index contributed by atoms with van der Waals surface area (Å²) in [6.45, 7) is 0. The Kier molecular flexibility index (Phi) is 3.25. The second kappa shape index (κ2) is 4.66. The van der Waals surface area contributed by atoms with Gasteiger partial charge in [0.25, 0.3) is 0 Å². The molecule has 3 N–H and O–H groups in total. The quantitative estimate of drug-likeness (QED) is 0.795. The molecule has 86 valence electrons. The van der Waals surface area contributed by atoms with Gasteiger partial charge in [-0.2, -0.15) is 0 Å². The number of hydrogen-bond donors (Lipinski definition) is 2. The van der Waals surface area contributed by atoms with Crippen molar-refractivity contribution in [3.8, 4) is 0 Å². The van der Waals surface area contributed by atoms with Gasteiger partial charge < -0.3 is 10.8 Å². The molecule has 1 saturated carbocycles. The molecule has 0 radical (unpaired) electrons. The second-order valence-electron chi connectivity index (χ2n) is 4.46. The van der Waals surface area contributed by atoms with Crippen LogP contribution in [0.5, 0.6) is 0 Å². The van der Waals surface area contributed by atoms with Crippen molar-refractivity contribution in [3.05, 3.63) is 35.4 Å². The summed E-state index contributed by atoms with van der Waals surface area (Å²) in [6, 6.07) is 7.55. The van der Waals surface area contributed by atoms with E-state index < -0.39 is 12.0 Å². The number of carboxylic acid groups (broad SMARTS) is 1. The monoisotopic (exact) mass is 219 g/mol. The van der Waals surface area contributed by atoms with Gasteiger partial charge in [0.05, 0.1) is 0 Å². The molecule has 0 spiro atoms. The molecule has 1 aromatic rings. The number of benzene rings is 1. The summed E-state index contributed by atoms with van der Waals surface area (Å²) in [4.78, 5) is 10.6. The SMILES string of the molecule is NC(CCc1ccccc1C1CC1)C(=O)O. The van der Waals surface area contributed by atoms with E-state index in [-0.39, 0.29) is 0 Å². The van der Waals surface area contributed by atoms with Crippen molar-refractivity contribution in [2.24, 2.45) is 5.73 Å². The molecule has 0 heterocycles. The lowest BCUT2D eigenvalue weighted by Crippen LogP contribution is -2.30. The Hall–Kier alpha value is -1.35. The highest BCUT2D eigenvalue weighted by Crippen LogP contribution is 2.41. The summed E-state index contributed by atoms with van der Waals surface area (Å²) >= 11 is 0. The summed E-state index contributed by atoms with van der Waals surface area (Å²) < 4.78 is 0. The van der Waals surface area contributed by atoms with Gasteiger partial charge in [0.1, 0.15) is 6.04 Å². The fourth-order valence-corrected chi connectivity index (χ4v) is 1.99. The number of nitrogens with two attached hydrogens (primary N) is 1. The van der Waals surface area contributed by atoms with E-state index in [1.54, 1.807) is 0 Å². The third-order valence-electron chi connectivity index (χ3n) is 3.11. The van der Waals surface area contributed by atoms with Crippen LogP contribution in [0.15, 0.2) is 24.3 Å². The van der Waals surface area contributed by atoms with Gasteiger partial charge in [-0.25, -0.2) is 0 Å². The summed E-state index contributed by atoms with van der Waals surface area (Å²) in [6.07, 6.45) is 3.81. The van der Waals surface area contributed by atoms with Crippen molar-refractivity contribution in [3.63, 3.8) is 0 Å². The number of aryl methyl sites for hydroxylation is 1. The molecule has 1 aliphatic carbocycles. The van der Waals surface area contributed by atoms with E-state index in [2.05, 4.69) is 12.1 Å². The van der Waals surface area contributed by atoms with E-state index in [1.807, 2.05) is 12.1 Å². The van der Waals surface area contributed by atoms with Gasteiger partial charge in [-0.15, -0.1) is 0 Å². The third kappa shape index (κ3) is 2.61. The Morgan fingerprint density at radius 3 is 2.75 bits per heavy atom. The zero-order chi connectivity index (χ0) is 11.5. The standard InChI is InChI=1S/C13H17NO2/c14-12(13(15)16)8-7-9-3-1-2-4-11(9)10-5-6-10/h1-4,10,12H,5-8,14H2,(H,15,16). The normalized spacial score (nSPS) is 17.1. The van der Waals surface area contributed by atoms with Crippen LogP contribution in [0.25, 0.3) is 0 Å². The lowest BCUT2D eigenvalue weighted by Gasteiger charge is -2.10. The van der Waals surface area contributed by atoms with Gasteiger partial charge in [0, 0.05) is 0 Å². The lowest BCUT2D eigenvalue weighted by molar-refractivity contribution is -0.138. The first-order valence-corrected chi connectivity index (χ1v) is 5.74. The molecule has 0 aliphatic heterocycles. The Morgan fingerprint density at radius 1 is 1.44 bits per heavy atom. The second-order valence-corrected chi connectivity index (χ2v) is 4.46. The van der Waals surface area contributed by atoms with Gasteiger partial charge in [-0.3, -0.25) is 4.79 Å². The molecule has 0 saturated heterocycles. The van der Waals surface area contributed by atoms with E-state index in [0.29, 0.717) is 12.3 Å². The van der Waals surface area contributed by atoms with E-state index in [4.69, 9.17) is 10.8 Å². The van der Waals surface area contributed by atoms with Crippen molar-refractivity contribution in [2.45, 2.75) is 37.6 Å². The molecule has 0 amide bonds. The summed E-state index contributed by atoms with van der Waals surface area (Å²) in [7, 11) is 0. The van der Waals surface area contributed by atoms with Gasteiger partial charge in [0.15, 0.2) is 0 Å². The average Bonchev–Trinajstić information content (AvgIpc) is 3.10. The maximum atomic E-state index is 10.6. The van der Waals surface area contributed by atoms with Crippen LogP contribution in [-0.4, -0.2) is 17.1 Å². The first-order chi connectivity index (χ1) is 7.68. The molecule has 3 nitrogen and oxygen atoms in total. The van der Waals surface area contributed by atoms with Crippen LogP contribution in [0.2, 0.25) is 0 Å². The number of hydrogen-bond acceptors (Lipinski definition) is 2. The van der Waals surface area contributed by atoms with Gasteiger partial charge in [-0.05, 0) is 42.7 Å². The molecule has 16 heavy (non-hydrogen) atoms. The number of rotatable bonds is 5. The molecule has 1 aromatic carbocycles. The average molecular weight is 219 g/mol. The zero-order valence-corrected chi connectivity index (χ0v) is 9.23. The van der Waals surface area contributed by atoms with Crippen LogP contribution in [-0.2, 0) is 11.2 Å². The molecule has 2 rings (SSSR count). The maximum Gasteiger partial charge on any atom is 0.320 e. The first-order valence-electron chi connectivity index (χ1n) is 5.74. The first kappa shape index (κ1) is 11.1. The van der Waals surface area contributed by atoms with Crippen molar-refractivity contribution in [1.82, 2.24) is 0 Å². The van der Waals surface area contributed by atoms with E-state index in [1.165, 1.54) is 24.0 Å². The van der Waals surface area contributed by atoms with Crippen molar-refractivity contribution >= 4 is 5.97 Å². The highest BCUT2D eigenvalue weighted by Gasteiger charge is 2.25. The molecular formula is C13H17NO2. The Labute approximate surface area is 95.3 Å².